The number of nitrogens with one attached hydrogen (secondary N) is 1. The van der Waals surface area contributed by atoms with E-state index in [2.05, 4.69) is 11.9 Å². The van der Waals surface area contributed by atoms with Crippen LogP contribution in [0, 0.1) is 5.41 Å². The summed E-state index contributed by atoms with van der Waals surface area (Å²) in [7, 11) is 1.47. The van der Waals surface area contributed by atoms with Crippen LogP contribution in [-0.2, 0) is 14.3 Å². The van der Waals surface area contributed by atoms with Gasteiger partial charge in [0.15, 0.2) is 11.5 Å². The number of esters is 1. The third-order valence-corrected chi connectivity index (χ3v) is 4.89. The third kappa shape index (κ3) is 5.61. The van der Waals surface area contributed by atoms with Crippen molar-refractivity contribution in [2.75, 3.05) is 13.7 Å². The first-order valence-corrected chi connectivity index (χ1v) is 9.01. The van der Waals surface area contributed by atoms with Gasteiger partial charge in [-0.15, -0.1) is 0 Å². The first-order valence-electron chi connectivity index (χ1n) is 9.01. The van der Waals surface area contributed by atoms with Crippen molar-refractivity contribution in [1.82, 2.24) is 5.32 Å². The largest absolute Gasteiger partial charge is 0.504 e. The Labute approximate surface area is 159 Å². The lowest BCUT2D eigenvalue weighted by Gasteiger charge is -2.35. The number of hydrogen-bond acceptors (Lipinski definition) is 5. The van der Waals surface area contributed by atoms with Gasteiger partial charge >= 0.3 is 5.97 Å². The molecule has 1 saturated carbocycles. The second-order valence-electron chi connectivity index (χ2n) is 7.00. The van der Waals surface area contributed by atoms with Crippen molar-refractivity contribution in [3.63, 3.8) is 0 Å². The van der Waals surface area contributed by atoms with Crippen molar-refractivity contribution < 1.29 is 24.2 Å². The number of rotatable bonds is 7. The third-order valence-electron chi connectivity index (χ3n) is 4.89. The SMILES string of the molecule is C=CCOC(=O)C1(C)CCC(NC(=O)C=Cc2ccc(O)c(OC)c2)CC1. The maximum Gasteiger partial charge on any atom is 0.312 e. The van der Waals surface area contributed by atoms with Crippen LogP contribution in [0.25, 0.3) is 6.08 Å². The molecular formula is C21H27NO5. The van der Waals surface area contributed by atoms with E-state index >= 15 is 0 Å². The van der Waals surface area contributed by atoms with Gasteiger partial charge in [-0.3, -0.25) is 9.59 Å². The van der Waals surface area contributed by atoms with Crippen LogP contribution < -0.4 is 10.1 Å². The Kier molecular flexibility index (Phi) is 7.05. The number of hydrogen-bond donors (Lipinski definition) is 2. The second kappa shape index (κ2) is 9.26. The zero-order chi connectivity index (χ0) is 19.9. The second-order valence-corrected chi connectivity index (χ2v) is 7.00. The van der Waals surface area contributed by atoms with Crippen molar-refractivity contribution in [2.45, 2.75) is 38.6 Å². The number of carbonyl (C=O) groups is 2. The maximum absolute atomic E-state index is 12.2. The van der Waals surface area contributed by atoms with E-state index in [1.165, 1.54) is 19.3 Å². The highest BCUT2D eigenvalue weighted by Crippen LogP contribution is 2.37. The average molecular weight is 373 g/mol. The van der Waals surface area contributed by atoms with Crippen LogP contribution in [0.4, 0.5) is 0 Å². The summed E-state index contributed by atoms with van der Waals surface area (Å²) < 4.78 is 10.2. The van der Waals surface area contributed by atoms with Crippen molar-refractivity contribution in [1.29, 1.82) is 0 Å². The fraction of sp³-hybridized carbons (Fsp3) is 0.429. The lowest BCUT2D eigenvalue weighted by Crippen LogP contribution is -2.42. The van der Waals surface area contributed by atoms with Crippen LogP contribution in [0.2, 0.25) is 0 Å². The van der Waals surface area contributed by atoms with Crippen molar-refractivity contribution in [2.24, 2.45) is 5.41 Å². The summed E-state index contributed by atoms with van der Waals surface area (Å²) in [4.78, 5) is 24.3. The highest BCUT2D eigenvalue weighted by atomic mass is 16.5. The lowest BCUT2D eigenvalue weighted by molar-refractivity contribution is -0.155. The molecule has 0 heterocycles. The van der Waals surface area contributed by atoms with Gasteiger partial charge in [-0.05, 0) is 56.4 Å². The molecule has 2 rings (SSSR count). The monoisotopic (exact) mass is 373 g/mol. The summed E-state index contributed by atoms with van der Waals surface area (Å²) in [5, 5.41) is 12.6. The highest BCUT2D eigenvalue weighted by Gasteiger charge is 2.38. The number of aromatic hydroxyl groups is 1. The minimum Gasteiger partial charge on any atom is -0.504 e. The molecule has 0 radical (unpaired) electrons. The number of phenols is 1. The molecule has 1 fully saturated rings. The van der Waals surface area contributed by atoms with Crippen LogP contribution in [-0.4, -0.2) is 36.7 Å². The van der Waals surface area contributed by atoms with Gasteiger partial charge in [-0.25, -0.2) is 0 Å². The molecule has 0 spiro atoms. The van der Waals surface area contributed by atoms with Crippen LogP contribution in [0.15, 0.2) is 36.9 Å². The number of methoxy groups -OCH3 is 1. The molecular weight excluding hydrogens is 346 g/mol. The van der Waals surface area contributed by atoms with Gasteiger partial charge < -0.3 is 19.9 Å². The predicted molar refractivity (Wildman–Crippen MR) is 103 cm³/mol. The Morgan fingerprint density at radius 3 is 2.70 bits per heavy atom. The molecule has 0 aromatic heterocycles. The van der Waals surface area contributed by atoms with Crippen LogP contribution in [0.1, 0.15) is 38.2 Å². The molecule has 1 aliphatic carbocycles. The van der Waals surface area contributed by atoms with Crippen molar-refractivity contribution in [3.8, 4) is 11.5 Å². The normalized spacial score (nSPS) is 22.2. The first-order chi connectivity index (χ1) is 12.9. The Morgan fingerprint density at radius 2 is 2.07 bits per heavy atom. The molecule has 0 saturated heterocycles. The van der Waals surface area contributed by atoms with Gasteiger partial charge in [0, 0.05) is 12.1 Å². The van der Waals surface area contributed by atoms with E-state index in [1.54, 1.807) is 24.3 Å². The molecule has 6 heteroatoms. The predicted octanol–water partition coefficient (Wildman–Crippen LogP) is 3.21. The molecule has 1 aromatic carbocycles. The minimum atomic E-state index is -0.497. The van der Waals surface area contributed by atoms with Crippen LogP contribution in [0.5, 0.6) is 11.5 Å². The average Bonchev–Trinajstić information content (AvgIpc) is 2.67. The van der Waals surface area contributed by atoms with Gasteiger partial charge in [0.25, 0.3) is 0 Å². The highest BCUT2D eigenvalue weighted by molar-refractivity contribution is 5.92. The van der Waals surface area contributed by atoms with E-state index in [9.17, 15) is 14.7 Å². The topological polar surface area (TPSA) is 84.9 Å². The summed E-state index contributed by atoms with van der Waals surface area (Å²) in [6, 6.07) is 4.91. The zero-order valence-electron chi connectivity index (χ0n) is 15.9. The lowest BCUT2D eigenvalue weighted by atomic mass is 9.74. The molecule has 0 unspecified atom stereocenters. The smallest absolute Gasteiger partial charge is 0.312 e. The fourth-order valence-corrected chi connectivity index (χ4v) is 3.13. The van der Waals surface area contributed by atoms with Gasteiger partial charge in [0.1, 0.15) is 6.61 Å². The molecule has 0 atom stereocenters. The molecule has 6 nitrogen and oxygen atoms in total. The van der Waals surface area contributed by atoms with E-state index in [0.29, 0.717) is 18.6 Å². The summed E-state index contributed by atoms with van der Waals surface area (Å²) in [6.07, 6.45) is 7.48. The Bertz CT molecular complexity index is 717. The Balaban J connectivity index is 1.85. The van der Waals surface area contributed by atoms with E-state index in [1.807, 2.05) is 6.92 Å². The van der Waals surface area contributed by atoms with Crippen LogP contribution >= 0.6 is 0 Å². The van der Waals surface area contributed by atoms with E-state index in [4.69, 9.17) is 9.47 Å². The van der Waals surface area contributed by atoms with Gasteiger partial charge in [0.2, 0.25) is 5.91 Å². The zero-order valence-corrected chi connectivity index (χ0v) is 15.9. The van der Waals surface area contributed by atoms with Crippen molar-refractivity contribution in [3.05, 3.63) is 42.5 Å². The molecule has 27 heavy (non-hydrogen) atoms. The quantitative estimate of drug-likeness (QED) is 0.435. The van der Waals surface area contributed by atoms with E-state index < -0.39 is 5.41 Å². The molecule has 146 valence electrons. The molecule has 2 N–H and O–H groups in total. The number of carbonyl (C=O) groups excluding carboxylic acids is 2. The standard InChI is InChI=1S/C21H27NO5/c1-4-13-27-20(25)21(2)11-9-16(10-12-21)22-19(24)8-6-15-5-7-17(23)18(14-15)26-3/h4-8,14,16,23H,1,9-13H2,2-3H3,(H,22,24). The first kappa shape index (κ1) is 20.6. The number of ether oxygens (including phenoxy) is 2. The summed E-state index contributed by atoms with van der Waals surface area (Å²) in [5.74, 6) is 0.0154. The van der Waals surface area contributed by atoms with Crippen LogP contribution in [0.3, 0.4) is 0 Å². The maximum atomic E-state index is 12.2. The van der Waals surface area contributed by atoms with E-state index in [0.717, 1.165) is 18.4 Å². The van der Waals surface area contributed by atoms with E-state index in [-0.39, 0.29) is 30.3 Å². The van der Waals surface area contributed by atoms with Gasteiger partial charge in [-0.2, -0.15) is 0 Å². The summed E-state index contributed by atoms with van der Waals surface area (Å²) in [6.45, 7) is 5.68. The molecule has 0 aliphatic heterocycles. The number of benzene rings is 1. The Hall–Kier alpha value is -2.76. The molecule has 1 amide bonds. The number of phenolic OH excluding ortho intramolecular Hbond substituents is 1. The molecule has 0 bridgehead atoms. The molecule has 1 aromatic rings. The fourth-order valence-electron chi connectivity index (χ4n) is 3.13. The Morgan fingerprint density at radius 1 is 1.37 bits per heavy atom. The van der Waals surface area contributed by atoms with Gasteiger partial charge in [-0.1, -0.05) is 18.7 Å². The number of amides is 1. The molecule has 1 aliphatic rings. The van der Waals surface area contributed by atoms with Gasteiger partial charge in [0.05, 0.1) is 12.5 Å². The minimum absolute atomic E-state index is 0.0387. The van der Waals surface area contributed by atoms with Crippen molar-refractivity contribution >= 4 is 18.0 Å². The summed E-state index contributed by atoms with van der Waals surface area (Å²) in [5.41, 5.74) is 0.254. The summed E-state index contributed by atoms with van der Waals surface area (Å²) >= 11 is 0.